The van der Waals surface area contributed by atoms with Gasteiger partial charge in [-0.3, -0.25) is 4.79 Å². The molecule has 1 amide bonds. The number of hydrogen-bond donors (Lipinski definition) is 2. The molecule has 0 saturated carbocycles. The molecule has 2 N–H and O–H groups in total. The number of aliphatic hydroxyl groups is 1. The van der Waals surface area contributed by atoms with E-state index in [0.717, 1.165) is 12.0 Å². The van der Waals surface area contributed by atoms with Crippen LogP contribution in [0.15, 0.2) is 83.5 Å². The van der Waals surface area contributed by atoms with Crippen LogP contribution in [0.4, 0.5) is 0 Å². The highest BCUT2D eigenvalue weighted by Gasteiger charge is 2.30. The van der Waals surface area contributed by atoms with E-state index in [0.29, 0.717) is 12.2 Å². The number of methoxy groups -OCH3 is 1. The van der Waals surface area contributed by atoms with Gasteiger partial charge < -0.3 is 24.6 Å². The van der Waals surface area contributed by atoms with Gasteiger partial charge in [0.15, 0.2) is 5.76 Å². The van der Waals surface area contributed by atoms with Gasteiger partial charge in [-0.1, -0.05) is 42.5 Å². The molecule has 10 heteroatoms. The van der Waals surface area contributed by atoms with Gasteiger partial charge in [-0.05, 0) is 64.6 Å². The highest BCUT2D eigenvalue weighted by molar-refractivity contribution is 7.89. The Morgan fingerprint density at radius 2 is 1.80 bits per heavy atom. The number of carbonyl (C=O) groups is 1. The second-order valence-corrected chi connectivity index (χ2v) is 11.9. The van der Waals surface area contributed by atoms with E-state index in [1.54, 1.807) is 12.1 Å². The first kappa shape index (κ1) is 28.8. The number of likely N-dealkylation sites (N-methyl/N-ethyl adjacent to an activating group) is 1. The zero-order chi connectivity index (χ0) is 29.0. The Balaban J connectivity index is 1.29. The second kappa shape index (κ2) is 12.4. The molecule has 41 heavy (non-hydrogen) atoms. The summed E-state index contributed by atoms with van der Waals surface area (Å²) in [7, 11) is -0.838. The fourth-order valence-electron chi connectivity index (χ4n) is 5.32. The number of rotatable bonds is 11. The zero-order valence-corrected chi connectivity index (χ0v) is 23.9. The number of benzene rings is 3. The Kier molecular flexibility index (Phi) is 8.74. The number of carbonyl (C=O) groups excluding carboxylic acids is 1. The maximum absolute atomic E-state index is 13.2. The lowest BCUT2D eigenvalue weighted by atomic mass is 9.90. The largest absolute Gasteiger partial charge is 0.497 e. The van der Waals surface area contributed by atoms with Crippen LogP contribution in [0.1, 0.15) is 29.0 Å². The Labute approximate surface area is 240 Å². The summed E-state index contributed by atoms with van der Waals surface area (Å²) in [6.45, 7) is -0.432. The molecule has 2 atom stereocenters. The molecule has 5 rings (SSSR count). The second-order valence-electron chi connectivity index (χ2n) is 9.92. The molecule has 0 radical (unpaired) electrons. The van der Waals surface area contributed by atoms with Gasteiger partial charge in [0.05, 0.1) is 25.2 Å². The summed E-state index contributed by atoms with van der Waals surface area (Å²) in [6.07, 6.45) is 2.37. The molecular formula is C31H34N2O7S. The van der Waals surface area contributed by atoms with Crippen molar-refractivity contribution in [1.82, 2.24) is 9.62 Å². The molecule has 0 spiro atoms. The molecule has 0 unspecified atom stereocenters. The molecule has 216 valence electrons. The third-order valence-electron chi connectivity index (χ3n) is 7.45. The van der Waals surface area contributed by atoms with Crippen molar-refractivity contribution in [3.63, 3.8) is 0 Å². The lowest BCUT2D eigenvalue weighted by Crippen LogP contribution is -2.38. The molecule has 3 aromatic rings. The van der Waals surface area contributed by atoms with E-state index in [9.17, 15) is 18.3 Å². The molecule has 1 heterocycles. The van der Waals surface area contributed by atoms with Gasteiger partial charge in [0.2, 0.25) is 16.3 Å². The van der Waals surface area contributed by atoms with Crippen LogP contribution in [0.25, 0.3) is 11.1 Å². The average molecular weight is 579 g/mol. The van der Waals surface area contributed by atoms with Crippen LogP contribution in [0.3, 0.4) is 0 Å². The number of allylic oxidation sites excluding steroid dienone is 1. The van der Waals surface area contributed by atoms with Crippen LogP contribution >= 0.6 is 0 Å². The quantitative estimate of drug-likeness (QED) is 0.280. The fraction of sp³-hybridized carbons (Fsp3) is 0.323. The maximum atomic E-state index is 13.2. The summed E-state index contributed by atoms with van der Waals surface area (Å²) in [5.41, 5.74) is 6.07. The van der Waals surface area contributed by atoms with Crippen LogP contribution < -0.4 is 10.1 Å². The smallest absolute Gasteiger partial charge is 0.285 e. The molecule has 0 bridgehead atoms. The van der Waals surface area contributed by atoms with Crippen molar-refractivity contribution in [2.75, 3.05) is 40.5 Å². The van der Waals surface area contributed by atoms with Crippen molar-refractivity contribution in [2.45, 2.75) is 29.9 Å². The van der Waals surface area contributed by atoms with Gasteiger partial charge in [-0.15, -0.1) is 0 Å². The lowest BCUT2D eigenvalue weighted by Gasteiger charge is -2.30. The number of aliphatic hydroxyl groups excluding tert-OH is 1. The van der Waals surface area contributed by atoms with Gasteiger partial charge in [-0.25, -0.2) is 8.42 Å². The van der Waals surface area contributed by atoms with E-state index < -0.39 is 16.3 Å². The van der Waals surface area contributed by atoms with Gasteiger partial charge in [0, 0.05) is 32.5 Å². The molecule has 0 saturated heterocycles. The Bertz CT molecular complexity index is 1540. The van der Waals surface area contributed by atoms with E-state index in [-0.39, 0.29) is 48.8 Å². The molecule has 0 aromatic heterocycles. The molecule has 1 aliphatic carbocycles. The standard InChI is InChI=1S/C31H34N2O7S/c1-32-31(35)29-19-23(21-7-12-28-24(17-21)18-22-5-3-4-6-27(22)28)20-30(40-29)39-16-14-33(13-15-34)41(36,37)26-10-8-25(38-2)9-11-26/h3-12,17,19,23,30,34H,13-16,18,20H2,1-2H3,(H,32,35)/t23-,30+/m0/s1. The normalized spacial score (nSPS) is 17.8. The maximum Gasteiger partial charge on any atom is 0.285 e. The summed E-state index contributed by atoms with van der Waals surface area (Å²) < 4.78 is 44.6. The van der Waals surface area contributed by atoms with E-state index in [2.05, 4.69) is 35.6 Å². The number of fused-ring (bicyclic) bond motifs is 3. The molecular weight excluding hydrogens is 544 g/mol. The molecule has 3 aromatic carbocycles. The number of sulfonamides is 1. The minimum atomic E-state index is -3.88. The minimum absolute atomic E-state index is 0.00439. The van der Waals surface area contributed by atoms with Gasteiger partial charge >= 0.3 is 0 Å². The van der Waals surface area contributed by atoms with Crippen LogP contribution in [0, 0.1) is 0 Å². The fourth-order valence-corrected chi connectivity index (χ4v) is 6.73. The third kappa shape index (κ3) is 6.15. The summed E-state index contributed by atoms with van der Waals surface area (Å²) in [5.74, 6) is 0.209. The Hall–Kier alpha value is -3.70. The Morgan fingerprint density at radius 1 is 1.05 bits per heavy atom. The predicted molar refractivity (Wildman–Crippen MR) is 154 cm³/mol. The van der Waals surface area contributed by atoms with Crippen LogP contribution in [0.2, 0.25) is 0 Å². The summed E-state index contributed by atoms with van der Waals surface area (Å²) in [5, 5.41) is 12.1. The number of nitrogens with zero attached hydrogens (tertiary/aromatic N) is 1. The van der Waals surface area contributed by atoms with E-state index >= 15 is 0 Å². The Morgan fingerprint density at radius 3 is 2.54 bits per heavy atom. The number of hydrogen-bond acceptors (Lipinski definition) is 7. The van der Waals surface area contributed by atoms with Crippen molar-refractivity contribution >= 4 is 15.9 Å². The van der Waals surface area contributed by atoms with Gasteiger partial charge in [0.1, 0.15) is 5.75 Å². The van der Waals surface area contributed by atoms with Crippen LogP contribution in [-0.4, -0.2) is 70.5 Å². The summed E-state index contributed by atoms with van der Waals surface area (Å²) in [4.78, 5) is 12.6. The van der Waals surface area contributed by atoms with Gasteiger partial charge in [0.25, 0.3) is 5.91 Å². The molecule has 9 nitrogen and oxygen atoms in total. The average Bonchev–Trinajstić information content (AvgIpc) is 3.38. The van der Waals surface area contributed by atoms with Crippen molar-refractivity contribution in [3.05, 3.63) is 95.3 Å². The highest BCUT2D eigenvalue weighted by atomic mass is 32.2. The molecule has 2 aliphatic rings. The molecule has 0 fully saturated rings. The monoisotopic (exact) mass is 578 g/mol. The topological polar surface area (TPSA) is 114 Å². The van der Waals surface area contributed by atoms with Crippen LogP contribution in [-0.2, 0) is 30.7 Å². The molecule has 1 aliphatic heterocycles. The van der Waals surface area contributed by atoms with Gasteiger partial charge in [-0.2, -0.15) is 4.31 Å². The first-order valence-electron chi connectivity index (χ1n) is 13.5. The summed E-state index contributed by atoms with van der Waals surface area (Å²) in [6, 6.07) is 20.8. The first-order chi connectivity index (χ1) is 19.8. The van der Waals surface area contributed by atoms with E-state index in [1.807, 2.05) is 18.2 Å². The minimum Gasteiger partial charge on any atom is -0.497 e. The van der Waals surface area contributed by atoms with Crippen molar-refractivity contribution in [3.8, 4) is 16.9 Å². The van der Waals surface area contributed by atoms with E-state index in [4.69, 9.17) is 14.2 Å². The number of amides is 1. The first-order valence-corrected chi connectivity index (χ1v) is 15.0. The van der Waals surface area contributed by atoms with Crippen LogP contribution in [0.5, 0.6) is 5.75 Å². The predicted octanol–water partition coefficient (Wildman–Crippen LogP) is 3.43. The SMILES string of the molecule is CNC(=O)C1=C[C@H](c2ccc3c(c2)Cc2ccccc2-3)C[C@H](OCCN(CCO)S(=O)(=O)c2ccc(OC)cc2)O1. The number of nitrogens with one attached hydrogen (secondary N) is 1. The number of ether oxygens (including phenoxy) is 3. The van der Waals surface area contributed by atoms with Crippen molar-refractivity contribution in [2.24, 2.45) is 0 Å². The van der Waals surface area contributed by atoms with Crippen molar-refractivity contribution in [1.29, 1.82) is 0 Å². The summed E-state index contributed by atoms with van der Waals surface area (Å²) >= 11 is 0. The highest BCUT2D eigenvalue weighted by Crippen LogP contribution is 2.39. The third-order valence-corrected chi connectivity index (χ3v) is 9.36. The van der Waals surface area contributed by atoms with E-state index in [1.165, 1.54) is 52.8 Å². The lowest BCUT2D eigenvalue weighted by molar-refractivity contribution is -0.146. The zero-order valence-electron chi connectivity index (χ0n) is 23.1. The van der Waals surface area contributed by atoms with Crippen molar-refractivity contribution < 1.29 is 32.5 Å².